The van der Waals surface area contributed by atoms with Gasteiger partial charge in [0.25, 0.3) is 0 Å². The van der Waals surface area contributed by atoms with E-state index < -0.39 is 0 Å². The molecule has 0 radical (unpaired) electrons. The molecule has 0 aliphatic heterocycles. The Bertz CT molecular complexity index is 1330. The van der Waals surface area contributed by atoms with Crippen LogP contribution in [0, 0.1) is 13.8 Å². The number of benzene rings is 4. The SMILES string of the molecule is Cc1ccc(N(c2ccc(C)cc2)c2ccc(-c3cc4ccc(C=O)cc4o3)cc2)cc1. The standard InChI is InChI=1S/C29H23NO2/c1-20-3-11-25(12-4-20)30(26-13-5-21(2)6-14-26)27-15-9-23(10-16-27)29-18-24-8-7-22(19-31)17-28(24)32-29/h3-19H,1-2H3. The number of aldehydes is 1. The molecule has 5 aromatic rings. The van der Waals surface area contributed by atoms with Gasteiger partial charge in [-0.25, -0.2) is 0 Å². The Morgan fingerprint density at radius 2 is 1.19 bits per heavy atom. The zero-order chi connectivity index (χ0) is 22.1. The molecule has 0 fully saturated rings. The first-order chi connectivity index (χ1) is 15.6. The lowest BCUT2D eigenvalue weighted by atomic mass is 10.1. The van der Waals surface area contributed by atoms with E-state index in [1.165, 1.54) is 11.1 Å². The third-order valence-electron chi connectivity index (χ3n) is 5.67. The van der Waals surface area contributed by atoms with E-state index in [1.54, 1.807) is 12.1 Å². The molecular formula is C29H23NO2. The highest BCUT2D eigenvalue weighted by molar-refractivity contribution is 5.88. The van der Waals surface area contributed by atoms with Crippen LogP contribution in [0.1, 0.15) is 21.5 Å². The lowest BCUT2D eigenvalue weighted by molar-refractivity contribution is 0.112. The van der Waals surface area contributed by atoms with Crippen LogP contribution >= 0.6 is 0 Å². The summed E-state index contributed by atoms with van der Waals surface area (Å²) in [5.41, 5.74) is 8.07. The van der Waals surface area contributed by atoms with Crippen molar-refractivity contribution in [2.75, 3.05) is 4.90 Å². The maximum atomic E-state index is 11.1. The first-order valence-electron chi connectivity index (χ1n) is 10.6. The molecule has 4 aromatic carbocycles. The molecule has 0 saturated heterocycles. The van der Waals surface area contributed by atoms with Gasteiger partial charge in [-0.1, -0.05) is 47.5 Å². The van der Waals surface area contributed by atoms with Gasteiger partial charge in [-0.3, -0.25) is 4.79 Å². The van der Waals surface area contributed by atoms with Crippen molar-refractivity contribution in [3.05, 3.63) is 114 Å². The molecular weight excluding hydrogens is 394 g/mol. The monoisotopic (exact) mass is 417 g/mol. The highest BCUT2D eigenvalue weighted by atomic mass is 16.3. The molecule has 1 heterocycles. The largest absolute Gasteiger partial charge is 0.456 e. The average molecular weight is 418 g/mol. The van der Waals surface area contributed by atoms with Crippen LogP contribution in [0.2, 0.25) is 0 Å². The van der Waals surface area contributed by atoms with Crippen LogP contribution in [0.15, 0.2) is 101 Å². The van der Waals surface area contributed by atoms with Crippen molar-refractivity contribution in [3.8, 4) is 11.3 Å². The summed E-state index contributed by atoms with van der Waals surface area (Å²) < 4.78 is 6.02. The molecule has 0 saturated carbocycles. The maximum absolute atomic E-state index is 11.1. The van der Waals surface area contributed by atoms with Gasteiger partial charge in [0, 0.05) is 33.6 Å². The number of aryl methyl sites for hydroxylation is 2. The molecule has 0 aliphatic rings. The maximum Gasteiger partial charge on any atom is 0.150 e. The average Bonchev–Trinajstić information content (AvgIpc) is 3.25. The molecule has 0 unspecified atom stereocenters. The van der Waals surface area contributed by atoms with Crippen molar-refractivity contribution >= 4 is 34.3 Å². The highest BCUT2D eigenvalue weighted by Crippen LogP contribution is 2.36. The van der Waals surface area contributed by atoms with E-state index in [1.807, 2.05) is 12.1 Å². The van der Waals surface area contributed by atoms with E-state index in [-0.39, 0.29) is 0 Å². The molecule has 0 aliphatic carbocycles. The fourth-order valence-electron chi connectivity index (χ4n) is 3.87. The van der Waals surface area contributed by atoms with Crippen LogP contribution in [-0.2, 0) is 0 Å². The molecule has 5 rings (SSSR count). The Labute approximate surface area is 187 Å². The van der Waals surface area contributed by atoms with Gasteiger partial charge in [0.2, 0.25) is 0 Å². The minimum atomic E-state index is 0.612. The van der Waals surface area contributed by atoms with Gasteiger partial charge in [0.1, 0.15) is 17.6 Å². The highest BCUT2D eigenvalue weighted by Gasteiger charge is 2.13. The number of anilines is 3. The summed E-state index contributed by atoms with van der Waals surface area (Å²) in [4.78, 5) is 13.3. The Morgan fingerprint density at radius 3 is 1.72 bits per heavy atom. The van der Waals surface area contributed by atoms with E-state index in [2.05, 4.69) is 91.5 Å². The lowest BCUT2D eigenvalue weighted by Gasteiger charge is -2.26. The molecule has 0 amide bonds. The van der Waals surface area contributed by atoms with Gasteiger partial charge in [0.05, 0.1) is 0 Å². The predicted molar refractivity (Wildman–Crippen MR) is 131 cm³/mol. The third kappa shape index (κ3) is 3.81. The number of rotatable bonds is 5. The van der Waals surface area contributed by atoms with E-state index in [0.29, 0.717) is 5.56 Å². The van der Waals surface area contributed by atoms with Crippen LogP contribution in [0.5, 0.6) is 0 Å². The van der Waals surface area contributed by atoms with Crippen molar-refractivity contribution in [2.24, 2.45) is 0 Å². The molecule has 0 bridgehead atoms. The van der Waals surface area contributed by atoms with Gasteiger partial charge in [-0.15, -0.1) is 0 Å². The van der Waals surface area contributed by atoms with Gasteiger partial charge in [-0.2, -0.15) is 0 Å². The summed E-state index contributed by atoms with van der Waals surface area (Å²) in [6.07, 6.45) is 0.834. The third-order valence-corrected chi connectivity index (χ3v) is 5.67. The number of hydrogen-bond donors (Lipinski definition) is 0. The number of hydrogen-bond acceptors (Lipinski definition) is 3. The van der Waals surface area contributed by atoms with Crippen molar-refractivity contribution in [1.82, 2.24) is 0 Å². The molecule has 3 nitrogen and oxygen atoms in total. The van der Waals surface area contributed by atoms with Crippen LogP contribution in [-0.4, -0.2) is 6.29 Å². The minimum Gasteiger partial charge on any atom is -0.456 e. The Hall–Kier alpha value is -4.11. The van der Waals surface area contributed by atoms with Crippen LogP contribution in [0.4, 0.5) is 17.1 Å². The van der Waals surface area contributed by atoms with E-state index in [9.17, 15) is 4.79 Å². The quantitative estimate of drug-likeness (QED) is 0.272. The summed E-state index contributed by atoms with van der Waals surface area (Å²) in [6, 6.07) is 33.0. The van der Waals surface area contributed by atoms with Gasteiger partial charge < -0.3 is 9.32 Å². The fraction of sp³-hybridized carbons (Fsp3) is 0.0690. The van der Waals surface area contributed by atoms with Gasteiger partial charge >= 0.3 is 0 Å². The topological polar surface area (TPSA) is 33.5 Å². The second-order valence-corrected chi connectivity index (χ2v) is 8.08. The zero-order valence-corrected chi connectivity index (χ0v) is 18.1. The summed E-state index contributed by atoms with van der Waals surface area (Å²) in [5, 5.41) is 0.982. The Morgan fingerprint density at radius 1 is 0.656 bits per heavy atom. The summed E-state index contributed by atoms with van der Waals surface area (Å²) in [5.74, 6) is 0.784. The van der Waals surface area contributed by atoms with Crippen molar-refractivity contribution in [3.63, 3.8) is 0 Å². The molecule has 1 aromatic heterocycles. The molecule has 0 spiro atoms. The Kier molecular flexibility index (Phi) is 5.08. The minimum absolute atomic E-state index is 0.612. The zero-order valence-electron chi connectivity index (χ0n) is 18.1. The van der Waals surface area contributed by atoms with Crippen LogP contribution in [0.3, 0.4) is 0 Å². The number of carbonyl (C=O) groups is 1. The summed E-state index contributed by atoms with van der Waals surface area (Å²) >= 11 is 0. The normalized spacial score (nSPS) is 10.9. The van der Waals surface area contributed by atoms with Gasteiger partial charge in [0.15, 0.2) is 0 Å². The molecule has 32 heavy (non-hydrogen) atoms. The first kappa shape index (κ1) is 19.8. The number of carbonyl (C=O) groups excluding carboxylic acids is 1. The van der Waals surface area contributed by atoms with E-state index in [4.69, 9.17) is 4.42 Å². The fourth-order valence-corrected chi connectivity index (χ4v) is 3.87. The van der Waals surface area contributed by atoms with Crippen molar-refractivity contribution in [2.45, 2.75) is 13.8 Å². The molecule has 156 valence electrons. The van der Waals surface area contributed by atoms with Crippen LogP contribution in [0.25, 0.3) is 22.3 Å². The van der Waals surface area contributed by atoms with Crippen molar-refractivity contribution in [1.29, 1.82) is 0 Å². The van der Waals surface area contributed by atoms with Crippen LogP contribution < -0.4 is 4.90 Å². The second-order valence-electron chi connectivity index (χ2n) is 8.08. The molecule has 3 heteroatoms. The summed E-state index contributed by atoms with van der Waals surface area (Å²) in [7, 11) is 0. The second kappa shape index (κ2) is 8.20. The Balaban J connectivity index is 1.53. The van der Waals surface area contributed by atoms with Gasteiger partial charge in [-0.05, 0) is 74.5 Å². The molecule has 0 N–H and O–H groups in total. The predicted octanol–water partition coefficient (Wildman–Crippen LogP) is 8.00. The van der Waals surface area contributed by atoms with E-state index >= 15 is 0 Å². The number of nitrogens with zero attached hydrogens (tertiary/aromatic N) is 1. The lowest BCUT2D eigenvalue weighted by Crippen LogP contribution is -2.09. The smallest absolute Gasteiger partial charge is 0.150 e. The summed E-state index contributed by atoms with van der Waals surface area (Å²) in [6.45, 7) is 4.19. The van der Waals surface area contributed by atoms with E-state index in [0.717, 1.165) is 45.6 Å². The molecule has 0 atom stereocenters. The van der Waals surface area contributed by atoms with Crippen molar-refractivity contribution < 1.29 is 9.21 Å². The number of furan rings is 1. The number of fused-ring (bicyclic) bond motifs is 1. The first-order valence-corrected chi connectivity index (χ1v) is 10.6.